The summed E-state index contributed by atoms with van der Waals surface area (Å²) in [6, 6.07) is 10.1. The van der Waals surface area contributed by atoms with Crippen LogP contribution in [0.15, 0.2) is 41.6 Å². The Morgan fingerprint density at radius 2 is 2.00 bits per heavy atom. The van der Waals surface area contributed by atoms with Crippen molar-refractivity contribution in [3.8, 4) is 0 Å². The number of benzene rings is 1. The van der Waals surface area contributed by atoms with E-state index in [9.17, 15) is 0 Å². The van der Waals surface area contributed by atoms with E-state index in [0.717, 1.165) is 11.3 Å². The molecule has 0 bridgehead atoms. The van der Waals surface area contributed by atoms with Crippen LogP contribution in [0.2, 0.25) is 0 Å². The van der Waals surface area contributed by atoms with Crippen LogP contribution in [-0.2, 0) is 4.84 Å². The van der Waals surface area contributed by atoms with E-state index in [1.54, 1.807) is 7.11 Å². The molecule has 13 heavy (non-hydrogen) atoms. The molecule has 0 aliphatic heterocycles. The van der Waals surface area contributed by atoms with Crippen molar-refractivity contribution < 1.29 is 4.84 Å². The van der Waals surface area contributed by atoms with E-state index < -0.39 is 0 Å². The molecule has 2 heteroatoms. The summed E-state index contributed by atoms with van der Waals surface area (Å²) in [4.78, 5) is 4.63. The molecule has 0 amide bonds. The van der Waals surface area contributed by atoms with Crippen LogP contribution in [0.4, 0.5) is 0 Å². The summed E-state index contributed by atoms with van der Waals surface area (Å²) in [5.41, 5.74) is 2.01. The molecule has 0 aromatic heterocycles. The highest BCUT2D eigenvalue weighted by Gasteiger charge is 1.84. The van der Waals surface area contributed by atoms with Gasteiger partial charge in [0.2, 0.25) is 0 Å². The minimum absolute atomic E-state index is 0.853. The van der Waals surface area contributed by atoms with Crippen LogP contribution in [0, 0.1) is 0 Å². The van der Waals surface area contributed by atoms with Crippen LogP contribution in [0.3, 0.4) is 0 Å². The number of rotatable bonds is 3. The van der Waals surface area contributed by atoms with Crippen molar-refractivity contribution in [3.63, 3.8) is 0 Å². The molecular weight excluding hydrogens is 162 g/mol. The van der Waals surface area contributed by atoms with E-state index in [2.05, 4.69) is 9.99 Å². The Bertz CT molecular complexity index is 301. The molecule has 68 valence electrons. The predicted octanol–water partition coefficient (Wildman–Crippen LogP) is 2.72. The number of hydrogen-bond acceptors (Lipinski definition) is 2. The predicted molar refractivity (Wildman–Crippen MR) is 55.6 cm³/mol. The highest BCUT2D eigenvalue weighted by Crippen LogP contribution is 2.00. The fourth-order valence-corrected chi connectivity index (χ4v) is 0.955. The average molecular weight is 175 g/mol. The molecule has 0 spiro atoms. The standard InChI is InChI=1S/C11H13NO/c1-10(12-13-2)8-9-11-6-4-3-5-7-11/h3-9H,1-2H3/b9-8+,12-10-. The van der Waals surface area contributed by atoms with Gasteiger partial charge in [0.25, 0.3) is 0 Å². The van der Waals surface area contributed by atoms with Gasteiger partial charge in [-0.3, -0.25) is 0 Å². The average Bonchev–Trinajstić information content (AvgIpc) is 2.17. The maximum atomic E-state index is 4.63. The first kappa shape index (κ1) is 9.52. The van der Waals surface area contributed by atoms with Crippen LogP contribution in [-0.4, -0.2) is 12.8 Å². The Kier molecular flexibility index (Phi) is 3.76. The quantitative estimate of drug-likeness (QED) is 0.511. The van der Waals surface area contributed by atoms with Gasteiger partial charge in [-0.25, -0.2) is 0 Å². The second kappa shape index (κ2) is 5.14. The Morgan fingerprint density at radius 3 is 2.62 bits per heavy atom. The number of oxime groups is 1. The molecule has 0 unspecified atom stereocenters. The van der Waals surface area contributed by atoms with Gasteiger partial charge in [-0.05, 0) is 18.6 Å². The topological polar surface area (TPSA) is 21.6 Å². The van der Waals surface area contributed by atoms with Crippen molar-refractivity contribution in [1.82, 2.24) is 0 Å². The summed E-state index contributed by atoms with van der Waals surface area (Å²) in [6.07, 6.45) is 3.91. The van der Waals surface area contributed by atoms with Gasteiger partial charge in [-0.1, -0.05) is 41.6 Å². The first-order valence-corrected chi connectivity index (χ1v) is 4.14. The van der Waals surface area contributed by atoms with Crippen LogP contribution in [0.1, 0.15) is 12.5 Å². The number of allylic oxidation sites excluding steroid dienone is 1. The molecule has 0 saturated heterocycles. The first-order valence-electron chi connectivity index (χ1n) is 4.14. The molecule has 0 aliphatic rings. The van der Waals surface area contributed by atoms with Crippen molar-refractivity contribution in [1.29, 1.82) is 0 Å². The van der Waals surface area contributed by atoms with Crippen LogP contribution in [0.25, 0.3) is 6.08 Å². The van der Waals surface area contributed by atoms with E-state index in [1.165, 1.54) is 0 Å². The van der Waals surface area contributed by atoms with Gasteiger partial charge >= 0.3 is 0 Å². The molecule has 0 saturated carbocycles. The summed E-state index contributed by atoms with van der Waals surface area (Å²) in [5, 5.41) is 3.77. The highest BCUT2D eigenvalue weighted by molar-refractivity contribution is 5.95. The van der Waals surface area contributed by atoms with Gasteiger partial charge in [0.1, 0.15) is 7.11 Å². The Hall–Kier alpha value is -1.57. The Balaban J connectivity index is 2.64. The van der Waals surface area contributed by atoms with Gasteiger partial charge in [0.05, 0.1) is 5.71 Å². The Labute approximate surface area is 78.5 Å². The SMILES string of the molecule is CO/N=C(C)\C=C\c1ccccc1. The highest BCUT2D eigenvalue weighted by atomic mass is 16.6. The van der Waals surface area contributed by atoms with Crippen molar-refractivity contribution in [2.24, 2.45) is 5.16 Å². The third kappa shape index (κ3) is 3.56. The lowest BCUT2D eigenvalue weighted by Crippen LogP contribution is -1.84. The smallest absolute Gasteiger partial charge is 0.106 e. The van der Waals surface area contributed by atoms with E-state index >= 15 is 0 Å². The van der Waals surface area contributed by atoms with Gasteiger partial charge in [0, 0.05) is 0 Å². The molecule has 0 atom stereocenters. The summed E-state index contributed by atoms with van der Waals surface area (Å²) >= 11 is 0. The lowest BCUT2D eigenvalue weighted by atomic mass is 10.2. The summed E-state index contributed by atoms with van der Waals surface area (Å²) in [5.74, 6) is 0. The third-order valence-corrected chi connectivity index (χ3v) is 1.55. The zero-order chi connectivity index (χ0) is 9.52. The minimum atomic E-state index is 0.853. The fraction of sp³-hybridized carbons (Fsp3) is 0.182. The zero-order valence-electron chi connectivity index (χ0n) is 7.90. The molecule has 1 rings (SSSR count). The molecular formula is C11H13NO. The third-order valence-electron chi connectivity index (χ3n) is 1.55. The minimum Gasteiger partial charge on any atom is -0.399 e. The van der Waals surface area contributed by atoms with Crippen LogP contribution in [0.5, 0.6) is 0 Å². The number of nitrogens with zero attached hydrogens (tertiary/aromatic N) is 1. The van der Waals surface area contributed by atoms with Gasteiger partial charge in [-0.2, -0.15) is 0 Å². The molecule has 1 aromatic carbocycles. The molecule has 0 fully saturated rings. The monoisotopic (exact) mass is 175 g/mol. The van der Waals surface area contributed by atoms with Crippen LogP contribution >= 0.6 is 0 Å². The van der Waals surface area contributed by atoms with E-state index in [1.807, 2.05) is 49.4 Å². The van der Waals surface area contributed by atoms with Crippen molar-refractivity contribution in [3.05, 3.63) is 42.0 Å². The molecule has 2 nitrogen and oxygen atoms in total. The lowest BCUT2D eigenvalue weighted by molar-refractivity contribution is 0.213. The summed E-state index contributed by atoms with van der Waals surface area (Å²) in [7, 11) is 1.54. The van der Waals surface area contributed by atoms with Crippen LogP contribution < -0.4 is 0 Å². The molecule has 0 N–H and O–H groups in total. The van der Waals surface area contributed by atoms with E-state index in [-0.39, 0.29) is 0 Å². The Morgan fingerprint density at radius 1 is 1.31 bits per heavy atom. The first-order chi connectivity index (χ1) is 6.33. The second-order valence-electron chi connectivity index (χ2n) is 2.66. The molecule has 0 aliphatic carbocycles. The maximum Gasteiger partial charge on any atom is 0.106 e. The fourth-order valence-electron chi connectivity index (χ4n) is 0.955. The molecule has 0 heterocycles. The molecule has 0 radical (unpaired) electrons. The van der Waals surface area contributed by atoms with Gasteiger partial charge in [0.15, 0.2) is 0 Å². The molecule has 1 aromatic rings. The summed E-state index contributed by atoms with van der Waals surface area (Å²) < 4.78 is 0. The van der Waals surface area contributed by atoms with Crippen molar-refractivity contribution in [2.75, 3.05) is 7.11 Å². The zero-order valence-corrected chi connectivity index (χ0v) is 7.90. The van der Waals surface area contributed by atoms with Crippen molar-refractivity contribution in [2.45, 2.75) is 6.92 Å². The maximum absolute atomic E-state index is 4.63. The van der Waals surface area contributed by atoms with Crippen molar-refractivity contribution >= 4 is 11.8 Å². The normalized spacial score (nSPS) is 12.0. The summed E-state index contributed by atoms with van der Waals surface area (Å²) in [6.45, 7) is 1.89. The van der Waals surface area contributed by atoms with Gasteiger partial charge in [-0.15, -0.1) is 0 Å². The van der Waals surface area contributed by atoms with Gasteiger partial charge < -0.3 is 4.84 Å². The van der Waals surface area contributed by atoms with E-state index in [4.69, 9.17) is 0 Å². The lowest BCUT2D eigenvalue weighted by Gasteiger charge is -1.92. The largest absolute Gasteiger partial charge is 0.399 e. The van der Waals surface area contributed by atoms with E-state index in [0.29, 0.717) is 0 Å². The number of hydrogen-bond donors (Lipinski definition) is 0. The second-order valence-corrected chi connectivity index (χ2v) is 2.66.